The van der Waals surface area contributed by atoms with Crippen molar-refractivity contribution in [3.05, 3.63) is 100 Å². The maximum absolute atomic E-state index is 14.2. The van der Waals surface area contributed by atoms with Gasteiger partial charge in [-0.2, -0.15) is 0 Å². The van der Waals surface area contributed by atoms with Crippen LogP contribution in [0.15, 0.2) is 77.3 Å². The summed E-state index contributed by atoms with van der Waals surface area (Å²) in [6.07, 6.45) is 0. The zero-order valence-corrected chi connectivity index (χ0v) is 16.5. The Morgan fingerprint density at radius 1 is 1.04 bits per heavy atom. The number of aromatic nitrogens is 2. The second-order valence-electron chi connectivity index (χ2n) is 6.39. The standard InChI is InChI=1S/C22H17BrFN3O/c23-17-8-5-7-15(12-17)22(28)25-13-21-26-19-10-3-4-11-20(19)27(21)14-16-6-1-2-9-18(16)24/h1-12H,13-14H2,(H,25,28). The number of rotatable bonds is 5. The molecule has 4 rings (SSSR count). The van der Waals surface area contributed by atoms with Crippen molar-refractivity contribution in [2.75, 3.05) is 0 Å². The summed E-state index contributed by atoms with van der Waals surface area (Å²) in [4.78, 5) is 17.1. The third kappa shape index (κ3) is 3.82. The SMILES string of the molecule is O=C(NCc1nc2ccccc2n1Cc1ccccc1F)c1cccc(Br)c1. The van der Waals surface area contributed by atoms with Crippen LogP contribution in [0.1, 0.15) is 21.7 Å². The Hall–Kier alpha value is -2.99. The van der Waals surface area contributed by atoms with Crippen molar-refractivity contribution in [3.8, 4) is 0 Å². The molecule has 4 nitrogen and oxygen atoms in total. The fraction of sp³-hybridized carbons (Fsp3) is 0.0909. The van der Waals surface area contributed by atoms with E-state index in [1.807, 2.05) is 47.0 Å². The molecule has 0 fully saturated rings. The van der Waals surface area contributed by atoms with Gasteiger partial charge in [-0.3, -0.25) is 4.79 Å². The number of para-hydroxylation sites is 2. The fourth-order valence-corrected chi connectivity index (χ4v) is 3.52. The predicted octanol–water partition coefficient (Wildman–Crippen LogP) is 4.92. The van der Waals surface area contributed by atoms with E-state index in [1.54, 1.807) is 24.3 Å². The van der Waals surface area contributed by atoms with Crippen LogP contribution in [0.25, 0.3) is 11.0 Å². The third-order valence-electron chi connectivity index (χ3n) is 4.51. The summed E-state index contributed by atoms with van der Waals surface area (Å²) in [6.45, 7) is 0.587. The monoisotopic (exact) mass is 437 g/mol. The summed E-state index contributed by atoms with van der Waals surface area (Å²) >= 11 is 3.37. The van der Waals surface area contributed by atoms with E-state index >= 15 is 0 Å². The normalized spacial score (nSPS) is 10.9. The van der Waals surface area contributed by atoms with Crippen LogP contribution in [0.5, 0.6) is 0 Å². The Balaban J connectivity index is 1.63. The fourth-order valence-electron chi connectivity index (χ4n) is 3.12. The Morgan fingerprint density at radius 3 is 2.64 bits per heavy atom. The Labute approximate surface area is 170 Å². The summed E-state index contributed by atoms with van der Waals surface area (Å²) in [5.41, 5.74) is 2.85. The molecule has 6 heteroatoms. The number of imidazole rings is 1. The van der Waals surface area contributed by atoms with Crippen molar-refractivity contribution >= 4 is 32.9 Å². The van der Waals surface area contributed by atoms with E-state index in [0.29, 0.717) is 23.5 Å². The minimum absolute atomic E-state index is 0.189. The molecule has 28 heavy (non-hydrogen) atoms. The molecule has 0 aliphatic carbocycles. The van der Waals surface area contributed by atoms with Gasteiger partial charge in [0, 0.05) is 15.6 Å². The van der Waals surface area contributed by atoms with Crippen LogP contribution in [-0.4, -0.2) is 15.5 Å². The molecule has 0 atom stereocenters. The minimum Gasteiger partial charge on any atom is -0.345 e. The van der Waals surface area contributed by atoms with Gasteiger partial charge in [0.2, 0.25) is 0 Å². The number of carbonyl (C=O) groups is 1. The molecule has 0 aliphatic rings. The van der Waals surface area contributed by atoms with Crippen molar-refractivity contribution in [2.24, 2.45) is 0 Å². The van der Waals surface area contributed by atoms with Gasteiger partial charge in [-0.25, -0.2) is 9.37 Å². The molecule has 0 unspecified atom stereocenters. The van der Waals surface area contributed by atoms with Crippen LogP contribution in [-0.2, 0) is 13.1 Å². The summed E-state index contributed by atoms with van der Waals surface area (Å²) in [7, 11) is 0. The highest BCUT2D eigenvalue weighted by Gasteiger charge is 2.14. The van der Waals surface area contributed by atoms with Gasteiger partial charge >= 0.3 is 0 Å². The second kappa shape index (κ2) is 7.94. The molecule has 1 aromatic heterocycles. The number of carbonyl (C=O) groups excluding carboxylic acids is 1. The van der Waals surface area contributed by atoms with Gasteiger partial charge in [0.25, 0.3) is 5.91 Å². The molecule has 0 spiro atoms. The number of benzene rings is 3. The van der Waals surface area contributed by atoms with Crippen molar-refractivity contribution in [3.63, 3.8) is 0 Å². The van der Waals surface area contributed by atoms with E-state index in [2.05, 4.69) is 26.2 Å². The molecule has 1 heterocycles. The lowest BCUT2D eigenvalue weighted by Crippen LogP contribution is -2.25. The van der Waals surface area contributed by atoms with E-state index in [9.17, 15) is 9.18 Å². The predicted molar refractivity (Wildman–Crippen MR) is 111 cm³/mol. The van der Waals surface area contributed by atoms with Gasteiger partial charge in [0.05, 0.1) is 24.1 Å². The summed E-state index contributed by atoms with van der Waals surface area (Å²) in [6, 6.07) is 21.6. The number of hydrogen-bond donors (Lipinski definition) is 1. The molecule has 0 radical (unpaired) electrons. The van der Waals surface area contributed by atoms with Crippen LogP contribution in [0.4, 0.5) is 4.39 Å². The number of nitrogens with zero attached hydrogens (tertiary/aromatic N) is 2. The molecular formula is C22H17BrFN3O. The van der Waals surface area contributed by atoms with Crippen LogP contribution >= 0.6 is 15.9 Å². The summed E-state index contributed by atoms with van der Waals surface area (Å²) in [5, 5.41) is 2.91. The van der Waals surface area contributed by atoms with Crippen molar-refractivity contribution in [1.29, 1.82) is 0 Å². The van der Waals surface area contributed by atoms with E-state index < -0.39 is 0 Å². The zero-order valence-electron chi connectivity index (χ0n) is 14.9. The lowest BCUT2D eigenvalue weighted by Gasteiger charge is -2.11. The first-order chi connectivity index (χ1) is 13.6. The van der Waals surface area contributed by atoms with Crippen molar-refractivity contribution < 1.29 is 9.18 Å². The maximum Gasteiger partial charge on any atom is 0.251 e. The van der Waals surface area contributed by atoms with Crippen LogP contribution in [0.3, 0.4) is 0 Å². The van der Waals surface area contributed by atoms with E-state index in [4.69, 9.17) is 0 Å². The third-order valence-corrected chi connectivity index (χ3v) is 5.01. The molecule has 0 saturated carbocycles. The average Bonchev–Trinajstić information content (AvgIpc) is 3.05. The molecule has 1 N–H and O–H groups in total. The van der Waals surface area contributed by atoms with Crippen LogP contribution in [0, 0.1) is 5.82 Å². The average molecular weight is 438 g/mol. The molecule has 1 amide bonds. The van der Waals surface area contributed by atoms with E-state index in [-0.39, 0.29) is 18.3 Å². The van der Waals surface area contributed by atoms with Gasteiger partial charge in [0.1, 0.15) is 11.6 Å². The summed E-state index contributed by atoms with van der Waals surface area (Å²) < 4.78 is 17.0. The molecule has 3 aromatic carbocycles. The maximum atomic E-state index is 14.2. The quantitative estimate of drug-likeness (QED) is 0.481. The van der Waals surface area contributed by atoms with Gasteiger partial charge in [0.15, 0.2) is 0 Å². The number of amides is 1. The van der Waals surface area contributed by atoms with Crippen molar-refractivity contribution in [2.45, 2.75) is 13.1 Å². The molecule has 0 bridgehead atoms. The van der Waals surface area contributed by atoms with Crippen LogP contribution in [0.2, 0.25) is 0 Å². The first-order valence-electron chi connectivity index (χ1n) is 8.83. The van der Waals surface area contributed by atoms with Crippen LogP contribution < -0.4 is 5.32 Å². The zero-order chi connectivity index (χ0) is 19.5. The number of fused-ring (bicyclic) bond motifs is 1. The highest BCUT2D eigenvalue weighted by molar-refractivity contribution is 9.10. The largest absolute Gasteiger partial charge is 0.345 e. The number of nitrogens with one attached hydrogen (secondary N) is 1. The molecule has 4 aromatic rings. The Morgan fingerprint density at radius 2 is 1.82 bits per heavy atom. The first-order valence-corrected chi connectivity index (χ1v) is 9.62. The highest BCUT2D eigenvalue weighted by atomic mass is 79.9. The minimum atomic E-state index is -0.260. The van der Waals surface area contributed by atoms with Gasteiger partial charge < -0.3 is 9.88 Å². The number of hydrogen-bond acceptors (Lipinski definition) is 2. The van der Waals surface area contributed by atoms with E-state index in [1.165, 1.54) is 6.07 Å². The smallest absolute Gasteiger partial charge is 0.251 e. The van der Waals surface area contributed by atoms with Crippen molar-refractivity contribution in [1.82, 2.24) is 14.9 Å². The van der Waals surface area contributed by atoms with Gasteiger partial charge in [-0.15, -0.1) is 0 Å². The lowest BCUT2D eigenvalue weighted by atomic mass is 10.2. The highest BCUT2D eigenvalue weighted by Crippen LogP contribution is 2.19. The first kappa shape index (κ1) is 18.4. The van der Waals surface area contributed by atoms with Gasteiger partial charge in [-0.05, 0) is 36.4 Å². The lowest BCUT2D eigenvalue weighted by molar-refractivity contribution is 0.0949. The van der Waals surface area contributed by atoms with E-state index in [0.717, 1.165) is 15.5 Å². The Bertz CT molecular complexity index is 1160. The number of halogens is 2. The Kier molecular flexibility index (Phi) is 5.21. The second-order valence-corrected chi connectivity index (χ2v) is 7.30. The molecule has 0 saturated heterocycles. The molecule has 0 aliphatic heterocycles. The summed E-state index contributed by atoms with van der Waals surface area (Å²) in [5.74, 6) is 0.225. The topological polar surface area (TPSA) is 46.9 Å². The molecule has 140 valence electrons. The molecular weight excluding hydrogens is 421 g/mol. The van der Waals surface area contributed by atoms with Gasteiger partial charge in [-0.1, -0.05) is 52.3 Å².